The number of sulfone groups is 1. The molecule has 90 valence electrons. The van der Waals surface area contributed by atoms with Crippen molar-refractivity contribution in [1.82, 2.24) is 5.32 Å². The molecule has 0 radical (unpaired) electrons. The Morgan fingerprint density at radius 3 is 2.75 bits per heavy atom. The van der Waals surface area contributed by atoms with Crippen LogP contribution in [0.5, 0.6) is 0 Å². The maximum atomic E-state index is 11.0. The van der Waals surface area contributed by atoms with Crippen molar-refractivity contribution in [3.63, 3.8) is 0 Å². The summed E-state index contributed by atoms with van der Waals surface area (Å²) >= 11 is 1.58. The molecule has 0 fully saturated rings. The van der Waals surface area contributed by atoms with Crippen LogP contribution in [0.1, 0.15) is 5.56 Å². The first-order chi connectivity index (χ1) is 7.51. The highest BCUT2D eigenvalue weighted by atomic mass is 32.2. The van der Waals surface area contributed by atoms with Crippen molar-refractivity contribution in [2.45, 2.75) is 11.4 Å². The van der Waals surface area contributed by atoms with E-state index in [4.69, 9.17) is 0 Å². The van der Waals surface area contributed by atoms with E-state index in [1.807, 2.05) is 19.2 Å². The Bertz CT molecular complexity index is 429. The lowest BCUT2D eigenvalue weighted by Crippen LogP contribution is -2.06. The third-order valence-corrected chi connectivity index (χ3v) is 4.20. The third-order valence-electron chi connectivity index (χ3n) is 2.00. The molecule has 0 atom stereocenters. The first kappa shape index (κ1) is 13.5. The molecule has 0 saturated heterocycles. The first-order valence-electron chi connectivity index (χ1n) is 5.05. The highest BCUT2D eigenvalue weighted by Gasteiger charge is 2.02. The maximum absolute atomic E-state index is 11.0. The van der Waals surface area contributed by atoms with Gasteiger partial charge in [-0.2, -0.15) is 0 Å². The quantitative estimate of drug-likeness (QED) is 0.787. The monoisotopic (exact) mass is 259 g/mol. The fourth-order valence-electron chi connectivity index (χ4n) is 1.26. The number of hydrogen-bond donors (Lipinski definition) is 1. The Morgan fingerprint density at radius 1 is 1.38 bits per heavy atom. The molecule has 0 aliphatic heterocycles. The van der Waals surface area contributed by atoms with Crippen molar-refractivity contribution in [3.8, 4) is 0 Å². The second-order valence-electron chi connectivity index (χ2n) is 3.66. The minimum atomic E-state index is -2.85. The lowest BCUT2D eigenvalue weighted by atomic mass is 10.2. The van der Waals surface area contributed by atoms with Crippen LogP contribution in [-0.4, -0.2) is 33.2 Å². The van der Waals surface area contributed by atoms with Gasteiger partial charge in [-0.15, -0.1) is 11.8 Å². The zero-order valence-corrected chi connectivity index (χ0v) is 11.2. The molecule has 5 heteroatoms. The van der Waals surface area contributed by atoms with Crippen molar-refractivity contribution >= 4 is 21.6 Å². The second kappa shape index (κ2) is 6.27. The van der Waals surface area contributed by atoms with Gasteiger partial charge in [0, 0.05) is 23.4 Å². The number of benzene rings is 1. The molecular weight excluding hydrogens is 242 g/mol. The van der Waals surface area contributed by atoms with E-state index < -0.39 is 9.84 Å². The van der Waals surface area contributed by atoms with Gasteiger partial charge in [0.15, 0.2) is 0 Å². The van der Waals surface area contributed by atoms with Crippen LogP contribution in [0.2, 0.25) is 0 Å². The Hall–Kier alpha value is -0.520. The van der Waals surface area contributed by atoms with Gasteiger partial charge in [-0.3, -0.25) is 0 Å². The van der Waals surface area contributed by atoms with Crippen LogP contribution in [0.3, 0.4) is 0 Å². The molecule has 0 spiro atoms. The average Bonchev–Trinajstić information content (AvgIpc) is 2.17. The Labute approximate surface area is 102 Å². The predicted octanol–water partition coefficient (Wildman–Crippen LogP) is 1.54. The van der Waals surface area contributed by atoms with Gasteiger partial charge in [0.2, 0.25) is 0 Å². The highest BCUT2D eigenvalue weighted by Crippen LogP contribution is 2.19. The van der Waals surface area contributed by atoms with Crippen LogP contribution in [0, 0.1) is 0 Å². The number of nitrogens with one attached hydrogen (secondary N) is 1. The van der Waals surface area contributed by atoms with Gasteiger partial charge in [-0.1, -0.05) is 12.1 Å². The Balaban J connectivity index is 2.51. The molecule has 0 amide bonds. The average molecular weight is 259 g/mol. The molecule has 1 aromatic rings. The van der Waals surface area contributed by atoms with Crippen LogP contribution in [-0.2, 0) is 16.4 Å². The first-order valence-corrected chi connectivity index (χ1v) is 8.10. The summed E-state index contributed by atoms with van der Waals surface area (Å²) in [6, 6.07) is 8.14. The normalized spacial score (nSPS) is 11.6. The predicted molar refractivity (Wildman–Crippen MR) is 69.6 cm³/mol. The summed E-state index contributed by atoms with van der Waals surface area (Å²) in [5.74, 6) is 0.843. The van der Waals surface area contributed by atoms with Crippen LogP contribution >= 0.6 is 11.8 Å². The molecule has 3 nitrogen and oxygen atoms in total. The van der Waals surface area contributed by atoms with Crippen molar-refractivity contribution < 1.29 is 8.42 Å². The molecule has 0 aliphatic carbocycles. The largest absolute Gasteiger partial charge is 0.316 e. The number of hydrogen-bond acceptors (Lipinski definition) is 4. The lowest BCUT2D eigenvalue weighted by molar-refractivity contribution is 0.603. The van der Waals surface area contributed by atoms with Gasteiger partial charge >= 0.3 is 0 Å². The minimum Gasteiger partial charge on any atom is -0.316 e. The minimum absolute atomic E-state index is 0.230. The van der Waals surface area contributed by atoms with Crippen molar-refractivity contribution in [3.05, 3.63) is 29.8 Å². The fraction of sp³-hybridized carbons (Fsp3) is 0.455. The Morgan fingerprint density at radius 2 is 2.12 bits per heavy atom. The molecule has 1 rings (SSSR count). The SMILES string of the molecule is CNCc1cccc(SCCS(C)(=O)=O)c1. The third kappa shape index (κ3) is 5.53. The molecule has 0 unspecified atom stereocenters. The molecule has 0 aromatic heterocycles. The van der Waals surface area contributed by atoms with Crippen molar-refractivity contribution in [2.75, 3.05) is 24.8 Å². The highest BCUT2D eigenvalue weighted by molar-refractivity contribution is 8.00. The molecule has 1 N–H and O–H groups in total. The molecule has 1 aromatic carbocycles. The van der Waals surface area contributed by atoms with Crippen LogP contribution < -0.4 is 5.32 Å². The summed E-state index contributed by atoms with van der Waals surface area (Å²) in [4.78, 5) is 1.12. The van der Waals surface area contributed by atoms with Gasteiger partial charge in [-0.05, 0) is 24.7 Å². The zero-order valence-electron chi connectivity index (χ0n) is 9.56. The zero-order chi connectivity index (χ0) is 12.0. The van der Waals surface area contributed by atoms with Gasteiger partial charge in [0.25, 0.3) is 0 Å². The smallest absolute Gasteiger partial charge is 0.148 e. The molecule has 0 heterocycles. The fourth-order valence-corrected chi connectivity index (χ4v) is 3.45. The maximum Gasteiger partial charge on any atom is 0.148 e. The number of rotatable bonds is 6. The van der Waals surface area contributed by atoms with Gasteiger partial charge in [0.05, 0.1) is 5.75 Å². The van der Waals surface area contributed by atoms with E-state index in [-0.39, 0.29) is 5.75 Å². The van der Waals surface area contributed by atoms with Crippen LogP contribution in [0.15, 0.2) is 29.2 Å². The van der Waals surface area contributed by atoms with Gasteiger partial charge < -0.3 is 5.32 Å². The topological polar surface area (TPSA) is 46.2 Å². The molecule has 16 heavy (non-hydrogen) atoms. The Kier molecular flexibility index (Phi) is 5.31. The molecule has 0 saturated carbocycles. The summed E-state index contributed by atoms with van der Waals surface area (Å²) in [5.41, 5.74) is 1.21. The van der Waals surface area contributed by atoms with Gasteiger partial charge in [0.1, 0.15) is 9.84 Å². The lowest BCUT2D eigenvalue weighted by Gasteiger charge is -2.04. The summed E-state index contributed by atoms with van der Waals surface area (Å²) in [5, 5.41) is 3.09. The van der Waals surface area contributed by atoms with E-state index in [1.54, 1.807) is 11.8 Å². The van der Waals surface area contributed by atoms with E-state index in [0.717, 1.165) is 11.4 Å². The second-order valence-corrected chi connectivity index (χ2v) is 7.08. The van der Waals surface area contributed by atoms with E-state index in [9.17, 15) is 8.42 Å². The van der Waals surface area contributed by atoms with E-state index in [2.05, 4.69) is 17.4 Å². The summed E-state index contributed by atoms with van der Waals surface area (Å²) < 4.78 is 21.9. The van der Waals surface area contributed by atoms with E-state index >= 15 is 0 Å². The van der Waals surface area contributed by atoms with Crippen molar-refractivity contribution in [2.24, 2.45) is 0 Å². The number of thioether (sulfide) groups is 1. The molecule has 0 aliphatic rings. The summed E-state index contributed by atoms with van der Waals surface area (Å²) in [6.07, 6.45) is 1.27. The van der Waals surface area contributed by atoms with Crippen LogP contribution in [0.4, 0.5) is 0 Å². The summed E-state index contributed by atoms with van der Waals surface area (Å²) in [7, 11) is -0.942. The van der Waals surface area contributed by atoms with Crippen molar-refractivity contribution in [1.29, 1.82) is 0 Å². The molecule has 0 bridgehead atoms. The van der Waals surface area contributed by atoms with E-state index in [0.29, 0.717) is 5.75 Å². The van der Waals surface area contributed by atoms with Gasteiger partial charge in [-0.25, -0.2) is 8.42 Å². The summed E-state index contributed by atoms with van der Waals surface area (Å²) in [6.45, 7) is 0.834. The van der Waals surface area contributed by atoms with Crippen LogP contribution in [0.25, 0.3) is 0 Å². The molecular formula is C11H17NO2S2. The van der Waals surface area contributed by atoms with E-state index in [1.165, 1.54) is 11.8 Å². The standard InChI is InChI=1S/C11H17NO2S2/c1-12-9-10-4-3-5-11(8-10)15-6-7-16(2,13)14/h3-5,8,12H,6-7,9H2,1-2H3.